The fraction of sp³-hybridized carbons (Fsp3) is 0.520. The standard InChI is InChI=1S/C25H31N5OS/c1-2-5-19(6-3-1)17-28-9-11-30(12-10-28)24-23-20-7-4-8-21(20)32-25(23)27-22(26-24)18-29-13-15-31-16-14-29/h1-3,5-6H,4,7-18H2. The zero-order valence-electron chi connectivity index (χ0n) is 18.6. The molecule has 0 N–H and O–H groups in total. The van der Waals surface area contributed by atoms with Gasteiger partial charge in [-0.3, -0.25) is 9.80 Å². The summed E-state index contributed by atoms with van der Waals surface area (Å²) in [5.74, 6) is 2.16. The molecule has 0 unspecified atom stereocenters. The van der Waals surface area contributed by atoms with Gasteiger partial charge in [-0.15, -0.1) is 11.3 Å². The summed E-state index contributed by atoms with van der Waals surface area (Å²) in [4.78, 5) is 20.5. The van der Waals surface area contributed by atoms with Crippen LogP contribution in [0, 0.1) is 0 Å². The number of fused-ring (bicyclic) bond motifs is 3. The van der Waals surface area contributed by atoms with E-state index in [2.05, 4.69) is 45.0 Å². The molecule has 2 fully saturated rings. The number of piperazine rings is 1. The molecule has 0 amide bonds. The molecule has 1 aromatic carbocycles. The minimum Gasteiger partial charge on any atom is -0.379 e. The van der Waals surface area contributed by atoms with Gasteiger partial charge >= 0.3 is 0 Å². The highest BCUT2D eigenvalue weighted by atomic mass is 32.1. The summed E-state index contributed by atoms with van der Waals surface area (Å²) in [5.41, 5.74) is 2.93. The van der Waals surface area contributed by atoms with E-state index in [1.54, 1.807) is 4.88 Å². The third-order valence-electron chi connectivity index (χ3n) is 6.98. The van der Waals surface area contributed by atoms with E-state index in [0.717, 1.165) is 71.4 Å². The second kappa shape index (κ2) is 9.06. The molecule has 7 heteroatoms. The van der Waals surface area contributed by atoms with Crippen LogP contribution >= 0.6 is 11.3 Å². The normalized spacial score (nSPS) is 20.2. The van der Waals surface area contributed by atoms with Gasteiger partial charge in [-0.2, -0.15) is 0 Å². The van der Waals surface area contributed by atoms with Gasteiger partial charge in [0.1, 0.15) is 16.5 Å². The fourth-order valence-electron chi connectivity index (χ4n) is 5.24. The third kappa shape index (κ3) is 4.15. The van der Waals surface area contributed by atoms with Crippen LogP contribution < -0.4 is 4.90 Å². The summed E-state index contributed by atoms with van der Waals surface area (Å²) >= 11 is 1.91. The molecule has 2 aromatic heterocycles. The Labute approximate surface area is 193 Å². The number of morpholine rings is 1. The predicted molar refractivity (Wildman–Crippen MR) is 129 cm³/mol. The molecule has 0 saturated carbocycles. The lowest BCUT2D eigenvalue weighted by Gasteiger charge is -2.36. The molecule has 6 nitrogen and oxygen atoms in total. The first kappa shape index (κ1) is 20.5. The number of benzene rings is 1. The fourth-order valence-corrected chi connectivity index (χ4v) is 6.51. The monoisotopic (exact) mass is 449 g/mol. The average Bonchev–Trinajstić information content (AvgIpc) is 3.42. The minimum absolute atomic E-state index is 0.811. The first-order chi connectivity index (χ1) is 15.8. The number of nitrogens with zero attached hydrogens (tertiary/aromatic N) is 5. The first-order valence-electron chi connectivity index (χ1n) is 12.0. The highest BCUT2D eigenvalue weighted by Gasteiger charge is 2.27. The molecule has 2 saturated heterocycles. The van der Waals surface area contributed by atoms with E-state index < -0.39 is 0 Å². The summed E-state index contributed by atoms with van der Waals surface area (Å²) in [6.07, 6.45) is 3.67. The van der Waals surface area contributed by atoms with Crippen LogP contribution in [0.3, 0.4) is 0 Å². The molecule has 3 aromatic rings. The number of hydrogen-bond donors (Lipinski definition) is 0. The summed E-state index contributed by atoms with van der Waals surface area (Å²) in [7, 11) is 0. The second-order valence-corrected chi connectivity index (χ2v) is 10.2. The van der Waals surface area contributed by atoms with Gasteiger partial charge < -0.3 is 9.64 Å². The van der Waals surface area contributed by atoms with Crippen molar-refractivity contribution in [2.45, 2.75) is 32.4 Å². The van der Waals surface area contributed by atoms with E-state index in [0.29, 0.717) is 0 Å². The minimum atomic E-state index is 0.811. The van der Waals surface area contributed by atoms with Crippen LogP contribution in [0.5, 0.6) is 0 Å². The second-order valence-electron chi connectivity index (χ2n) is 9.14. The maximum absolute atomic E-state index is 5.53. The Hall–Kier alpha value is -2.06. The third-order valence-corrected chi connectivity index (χ3v) is 8.17. The van der Waals surface area contributed by atoms with Crippen LogP contribution in [0.15, 0.2) is 30.3 Å². The van der Waals surface area contributed by atoms with Crippen LogP contribution in [0.2, 0.25) is 0 Å². The van der Waals surface area contributed by atoms with E-state index >= 15 is 0 Å². The van der Waals surface area contributed by atoms with Gasteiger partial charge in [-0.25, -0.2) is 9.97 Å². The van der Waals surface area contributed by atoms with Crippen LogP contribution in [0.4, 0.5) is 5.82 Å². The number of rotatable bonds is 5. The molecule has 2 aliphatic heterocycles. The topological polar surface area (TPSA) is 44.7 Å². The zero-order chi connectivity index (χ0) is 21.3. The lowest BCUT2D eigenvalue weighted by molar-refractivity contribution is 0.0331. The van der Waals surface area contributed by atoms with Gasteiger partial charge in [0.15, 0.2) is 0 Å². The summed E-state index contributed by atoms with van der Waals surface area (Å²) < 4.78 is 5.53. The zero-order valence-corrected chi connectivity index (χ0v) is 19.4. The quantitative estimate of drug-likeness (QED) is 0.595. The maximum atomic E-state index is 5.53. The highest BCUT2D eigenvalue weighted by molar-refractivity contribution is 7.19. The number of hydrogen-bond acceptors (Lipinski definition) is 7. The van der Waals surface area contributed by atoms with Gasteiger partial charge in [-0.1, -0.05) is 30.3 Å². The number of thiophene rings is 1. The Bertz CT molecular complexity index is 1070. The van der Waals surface area contributed by atoms with Crippen molar-refractivity contribution in [3.8, 4) is 0 Å². The van der Waals surface area contributed by atoms with Crippen molar-refractivity contribution >= 4 is 27.4 Å². The van der Waals surface area contributed by atoms with Crippen LogP contribution in [-0.4, -0.2) is 72.3 Å². The smallest absolute Gasteiger partial charge is 0.146 e. The first-order valence-corrected chi connectivity index (χ1v) is 12.8. The van der Waals surface area contributed by atoms with Gasteiger partial charge in [0.2, 0.25) is 0 Å². The van der Waals surface area contributed by atoms with Crippen molar-refractivity contribution in [2.75, 3.05) is 57.4 Å². The molecular weight excluding hydrogens is 418 g/mol. The SMILES string of the molecule is c1ccc(CN2CCN(c3nc(CN4CCOCC4)nc4sc5c(c34)CCC5)CC2)cc1. The molecule has 0 atom stereocenters. The van der Waals surface area contributed by atoms with Gasteiger partial charge in [0.05, 0.1) is 25.1 Å². The van der Waals surface area contributed by atoms with Crippen LogP contribution in [0.25, 0.3) is 10.2 Å². The number of anilines is 1. The molecule has 4 heterocycles. The molecule has 0 spiro atoms. The van der Waals surface area contributed by atoms with Crippen molar-refractivity contribution in [1.82, 2.24) is 19.8 Å². The summed E-state index contributed by atoms with van der Waals surface area (Å²) in [6.45, 7) is 9.62. The van der Waals surface area contributed by atoms with E-state index in [1.807, 2.05) is 11.3 Å². The predicted octanol–water partition coefficient (Wildman–Crippen LogP) is 3.33. The summed E-state index contributed by atoms with van der Waals surface area (Å²) in [6, 6.07) is 10.8. The van der Waals surface area contributed by atoms with E-state index in [9.17, 15) is 0 Å². The molecule has 32 heavy (non-hydrogen) atoms. The van der Waals surface area contributed by atoms with Gasteiger partial charge in [-0.05, 0) is 30.4 Å². The van der Waals surface area contributed by atoms with Crippen molar-refractivity contribution < 1.29 is 4.74 Å². The van der Waals surface area contributed by atoms with E-state index in [1.165, 1.54) is 46.4 Å². The van der Waals surface area contributed by atoms with Gasteiger partial charge in [0.25, 0.3) is 0 Å². The highest BCUT2D eigenvalue weighted by Crippen LogP contribution is 2.41. The number of aromatic nitrogens is 2. The lowest BCUT2D eigenvalue weighted by atomic mass is 10.1. The van der Waals surface area contributed by atoms with E-state index in [-0.39, 0.29) is 0 Å². The molecule has 0 radical (unpaired) electrons. The van der Waals surface area contributed by atoms with Crippen molar-refractivity contribution in [3.05, 3.63) is 52.2 Å². The van der Waals surface area contributed by atoms with Crippen LogP contribution in [0.1, 0.15) is 28.2 Å². The number of aryl methyl sites for hydroxylation is 2. The largest absolute Gasteiger partial charge is 0.379 e. The van der Waals surface area contributed by atoms with Crippen molar-refractivity contribution in [2.24, 2.45) is 0 Å². The average molecular weight is 450 g/mol. The Morgan fingerprint density at radius 3 is 2.44 bits per heavy atom. The van der Waals surface area contributed by atoms with Crippen LogP contribution in [-0.2, 0) is 30.7 Å². The Kier molecular flexibility index (Phi) is 5.81. The maximum Gasteiger partial charge on any atom is 0.146 e. The number of ether oxygens (including phenoxy) is 1. The molecule has 3 aliphatic rings. The molecular formula is C25H31N5OS. The molecule has 168 valence electrons. The molecule has 1 aliphatic carbocycles. The summed E-state index contributed by atoms with van der Waals surface area (Å²) in [5, 5.41) is 1.35. The van der Waals surface area contributed by atoms with Gasteiger partial charge in [0, 0.05) is 50.7 Å². The lowest BCUT2D eigenvalue weighted by Crippen LogP contribution is -2.46. The molecule has 0 bridgehead atoms. The Morgan fingerprint density at radius 1 is 0.844 bits per heavy atom. The molecule has 6 rings (SSSR count). The van der Waals surface area contributed by atoms with Crippen molar-refractivity contribution in [1.29, 1.82) is 0 Å². The Morgan fingerprint density at radius 2 is 1.62 bits per heavy atom. The van der Waals surface area contributed by atoms with E-state index in [4.69, 9.17) is 14.7 Å². The Balaban J connectivity index is 1.25. The van der Waals surface area contributed by atoms with Crippen molar-refractivity contribution in [3.63, 3.8) is 0 Å².